The Kier molecular flexibility index (Phi) is 7.56. The molecule has 1 saturated heterocycles. The number of sulfonamides is 1. The number of anilines is 1. The van der Waals surface area contributed by atoms with Crippen LogP contribution in [-0.4, -0.2) is 50.7 Å². The number of imide groups is 1. The van der Waals surface area contributed by atoms with Gasteiger partial charge >= 0.3 is 0 Å². The van der Waals surface area contributed by atoms with Crippen LogP contribution >= 0.6 is 0 Å². The fourth-order valence-electron chi connectivity index (χ4n) is 4.61. The van der Waals surface area contributed by atoms with Crippen LogP contribution in [0.15, 0.2) is 65.1 Å². The number of primary sulfonamides is 1. The molecule has 0 radical (unpaired) electrons. The quantitative estimate of drug-likeness (QED) is 0.429. The zero-order valence-electron chi connectivity index (χ0n) is 20.1. The van der Waals surface area contributed by atoms with Crippen molar-refractivity contribution < 1.29 is 27.5 Å². The van der Waals surface area contributed by atoms with E-state index in [1.54, 1.807) is 24.3 Å². The smallest absolute Gasteiger partial charge is 0.257 e. The second-order valence-corrected chi connectivity index (χ2v) is 10.5. The van der Waals surface area contributed by atoms with Crippen LogP contribution in [0, 0.1) is 0 Å². The minimum Gasteiger partial charge on any atom is -0.497 e. The van der Waals surface area contributed by atoms with Crippen molar-refractivity contribution in [3.05, 3.63) is 65.7 Å². The topological polar surface area (TPSA) is 127 Å². The second kappa shape index (κ2) is 10.6. The number of carbonyl (C=O) groups is 3. The maximum absolute atomic E-state index is 13.6. The molecule has 4 rings (SSSR count). The Labute approximate surface area is 210 Å². The first kappa shape index (κ1) is 25.6. The minimum atomic E-state index is -3.91. The summed E-state index contributed by atoms with van der Waals surface area (Å²) >= 11 is 0. The van der Waals surface area contributed by atoms with Gasteiger partial charge in [0.25, 0.3) is 11.8 Å². The van der Waals surface area contributed by atoms with Crippen molar-refractivity contribution in [1.82, 2.24) is 4.90 Å². The molecule has 0 bridgehead atoms. The number of amides is 3. The number of hydrogen-bond donors (Lipinski definition) is 1. The lowest BCUT2D eigenvalue weighted by Gasteiger charge is -2.28. The van der Waals surface area contributed by atoms with E-state index in [2.05, 4.69) is 6.08 Å². The van der Waals surface area contributed by atoms with Crippen LogP contribution in [0.2, 0.25) is 0 Å². The van der Waals surface area contributed by atoms with Gasteiger partial charge in [-0.25, -0.2) is 18.5 Å². The molecule has 0 aromatic heterocycles. The van der Waals surface area contributed by atoms with Crippen LogP contribution < -0.4 is 14.8 Å². The summed E-state index contributed by atoms with van der Waals surface area (Å²) in [5.74, 6) is -0.723. The predicted molar refractivity (Wildman–Crippen MR) is 134 cm³/mol. The van der Waals surface area contributed by atoms with Gasteiger partial charge in [-0.3, -0.25) is 14.4 Å². The summed E-state index contributed by atoms with van der Waals surface area (Å²) in [4.78, 5) is 42.3. The van der Waals surface area contributed by atoms with E-state index in [-0.39, 0.29) is 22.9 Å². The van der Waals surface area contributed by atoms with Crippen molar-refractivity contribution >= 4 is 33.4 Å². The van der Waals surface area contributed by atoms with Gasteiger partial charge in [0, 0.05) is 12.1 Å². The van der Waals surface area contributed by atoms with E-state index in [0.29, 0.717) is 24.3 Å². The van der Waals surface area contributed by atoms with Gasteiger partial charge in [0.2, 0.25) is 15.9 Å². The molecule has 190 valence electrons. The fourth-order valence-corrected chi connectivity index (χ4v) is 5.13. The van der Waals surface area contributed by atoms with Gasteiger partial charge in [-0.05, 0) is 80.6 Å². The molecule has 1 unspecified atom stereocenters. The third-order valence-corrected chi connectivity index (χ3v) is 7.51. The lowest BCUT2D eigenvalue weighted by atomic mass is 9.96. The van der Waals surface area contributed by atoms with Crippen LogP contribution in [-0.2, 0) is 19.6 Å². The zero-order chi connectivity index (χ0) is 25.9. The molecule has 2 aliphatic rings. The number of ether oxygens (including phenoxy) is 1. The maximum Gasteiger partial charge on any atom is 0.257 e. The molecule has 0 saturated carbocycles. The fraction of sp³-hybridized carbons (Fsp3) is 0.346. The van der Waals surface area contributed by atoms with Crippen LogP contribution in [0.4, 0.5) is 5.69 Å². The first-order valence-corrected chi connectivity index (χ1v) is 13.4. The van der Waals surface area contributed by atoms with E-state index >= 15 is 0 Å². The van der Waals surface area contributed by atoms with Gasteiger partial charge in [-0.1, -0.05) is 11.6 Å². The summed E-state index contributed by atoms with van der Waals surface area (Å²) < 4.78 is 28.3. The average Bonchev–Trinajstić information content (AvgIpc) is 3.17. The molecule has 36 heavy (non-hydrogen) atoms. The molecule has 1 heterocycles. The van der Waals surface area contributed by atoms with Crippen molar-refractivity contribution in [3.63, 3.8) is 0 Å². The average molecular weight is 512 g/mol. The molecular formula is C26H29N3O6S. The molecule has 2 N–H and O–H groups in total. The molecule has 1 aliphatic heterocycles. The van der Waals surface area contributed by atoms with E-state index < -0.39 is 27.9 Å². The number of carbonyl (C=O) groups excluding carboxylic acids is 3. The lowest BCUT2D eigenvalue weighted by Crippen LogP contribution is -2.46. The van der Waals surface area contributed by atoms with E-state index in [4.69, 9.17) is 9.88 Å². The zero-order valence-corrected chi connectivity index (χ0v) is 20.9. The SMILES string of the molecule is COc1ccc(C(=O)N(CCC2=CCCCC2)C2CC(=O)N(c3ccc(S(N)(=O)=O)cc3)C2=O)cc1. The van der Waals surface area contributed by atoms with Crippen molar-refractivity contribution in [1.29, 1.82) is 0 Å². The van der Waals surface area contributed by atoms with Gasteiger partial charge in [0.1, 0.15) is 11.8 Å². The van der Waals surface area contributed by atoms with E-state index in [1.165, 1.54) is 41.8 Å². The monoisotopic (exact) mass is 511 g/mol. The molecule has 2 aromatic rings. The molecule has 3 amide bonds. The minimum absolute atomic E-state index is 0.126. The lowest BCUT2D eigenvalue weighted by molar-refractivity contribution is -0.122. The second-order valence-electron chi connectivity index (χ2n) is 8.91. The number of nitrogens with two attached hydrogens (primary N) is 1. The Hall–Kier alpha value is -3.50. The molecule has 1 atom stereocenters. The van der Waals surface area contributed by atoms with E-state index in [9.17, 15) is 22.8 Å². The maximum atomic E-state index is 13.6. The van der Waals surface area contributed by atoms with E-state index in [1.807, 2.05) is 0 Å². The van der Waals surface area contributed by atoms with Crippen LogP contribution in [0.3, 0.4) is 0 Å². The highest BCUT2D eigenvalue weighted by molar-refractivity contribution is 7.89. The number of nitrogens with zero attached hydrogens (tertiary/aromatic N) is 2. The molecular weight excluding hydrogens is 482 g/mol. The number of rotatable bonds is 8. The first-order valence-electron chi connectivity index (χ1n) is 11.8. The third-order valence-electron chi connectivity index (χ3n) is 6.58. The Morgan fingerprint density at radius 3 is 2.36 bits per heavy atom. The van der Waals surface area contributed by atoms with Crippen molar-refractivity contribution in [3.8, 4) is 5.75 Å². The predicted octanol–water partition coefficient (Wildman–Crippen LogP) is 3.01. The van der Waals surface area contributed by atoms with Gasteiger partial charge < -0.3 is 9.64 Å². The molecule has 2 aromatic carbocycles. The van der Waals surface area contributed by atoms with Crippen LogP contribution in [0.5, 0.6) is 5.75 Å². The molecule has 9 nitrogen and oxygen atoms in total. The first-order chi connectivity index (χ1) is 17.2. The standard InChI is InChI=1S/C26H29N3O6S/c1-35-21-11-7-19(8-12-21)25(31)28(16-15-18-5-3-2-4-6-18)23-17-24(30)29(26(23)32)20-9-13-22(14-10-20)36(27,33)34/h5,7-14,23H,2-4,6,15-17H2,1H3,(H2,27,33,34). The van der Waals surface area contributed by atoms with Crippen molar-refractivity contribution in [2.24, 2.45) is 5.14 Å². The van der Waals surface area contributed by atoms with E-state index in [0.717, 1.165) is 30.6 Å². The third kappa shape index (κ3) is 5.50. The van der Waals surface area contributed by atoms with Gasteiger partial charge in [-0.15, -0.1) is 0 Å². The number of methoxy groups -OCH3 is 1. The molecule has 1 aliphatic carbocycles. The molecule has 10 heteroatoms. The Bertz CT molecular complexity index is 1290. The largest absolute Gasteiger partial charge is 0.497 e. The summed E-state index contributed by atoms with van der Waals surface area (Å²) in [5.41, 5.74) is 1.87. The highest BCUT2D eigenvalue weighted by atomic mass is 32.2. The highest BCUT2D eigenvalue weighted by Crippen LogP contribution is 2.29. The number of hydrogen-bond acceptors (Lipinski definition) is 6. The normalized spacial score (nSPS) is 18.2. The van der Waals surface area contributed by atoms with Gasteiger partial charge in [0.15, 0.2) is 0 Å². The summed E-state index contributed by atoms with van der Waals surface area (Å²) in [7, 11) is -2.38. The molecule has 0 spiro atoms. The van der Waals surface area contributed by atoms with Crippen LogP contribution in [0.1, 0.15) is 48.9 Å². The van der Waals surface area contributed by atoms with Crippen LogP contribution in [0.25, 0.3) is 0 Å². The summed E-state index contributed by atoms with van der Waals surface area (Å²) in [6, 6.07) is 10.9. The molecule has 1 fully saturated rings. The van der Waals surface area contributed by atoms with Crippen molar-refractivity contribution in [2.45, 2.75) is 49.5 Å². The summed E-state index contributed by atoms with van der Waals surface area (Å²) in [6.45, 7) is 0.304. The van der Waals surface area contributed by atoms with Crippen molar-refractivity contribution in [2.75, 3.05) is 18.6 Å². The van der Waals surface area contributed by atoms with Gasteiger partial charge in [0.05, 0.1) is 24.1 Å². The number of benzene rings is 2. The highest BCUT2D eigenvalue weighted by Gasteiger charge is 2.44. The Morgan fingerprint density at radius 2 is 1.78 bits per heavy atom. The Balaban J connectivity index is 1.61. The Morgan fingerprint density at radius 1 is 1.08 bits per heavy atom. The summed E-state index contributed by atoms with van der Waals surface area (Å²) in [5, 5.41) is 5.15. The van der Waals surface area contributed by atoms with Gasteiger partial charge in [-0.2, -0.15) is 0 Å². The summed E-state index contributed by atoms with van der Waals surface area (Å²) in [6.07, 6.45) is 6.88. The number of allylic oxidation sites excluding steroid dienone is 1.